The summed E-state index contributed by atoms with van der Waals surface area (Å²) >= 11 is 0. The number of benzene rings is 2. The number of H-pyrrole nitrogens is 1. The van der Waals surface area contributed by atoms with Crippen molar-refractivity contribution < 1.29 is 0 Å². The quantitative estimate of drug-likeness (QED) is 0.658. The molecule has 0 radical (unpaired) electrons. The van der Waals surface area contributed by atoms with E-state index in [2.05, 4.69) is 79.8 Å². The van der Waals surface area contributed by atoms with E-state index >= 15 is 0 Å². The molecule has 0 aliphatic carbocycles. The molecule has 0 amide bonds. The van der Waals surface area contributed by atoms with E-state index in [1.807, 2.05) is 0 Å². The molecule has 0 aliphatic heterocycles. The summed E-state index contributed by atoms with van der Waals surface area (Å²) in [4.78, 5) is 3.22. The maximum Gasteiger partial charge on any atom is 0.00906 e. The van der Waals surface area contributed by atoms with E-state index in [-0.39, 0.29) is 0 Å². The Morgan fingerprint density at radius 1 is 0.579 bits per heavy atom. The lowest BCUT2D eigenvalue weighted by molar-refractivity contribution is 1.41. The van der Waals surface area contributed by atoms with Crippen LogP contribution < -0.4 is 0 Å². The lowest BCUT2D eigenvalue weighted by Crippen LogP contribution is -1.81. The number of hydrogen-bond donors (Lipinski definition) is 1. The van der Waals surface area contributed by atoms with Crippen molar-refractivity contribution >= 4 is 0 Å². The van der Waals surface area contributed by atoms with Crippen molar-refractivity contribution in [1.82, 2.24) is 4.98 Å². The summed E-state index contributed by atoms with van der Waals surface area (Å²) in [6.07, 6.45) is 4.14. The minimum absolute atomic E-state index is 1.25. The molecular formula is C18H17N. The molecule has 1 N–H and O–H groups in total. The summed E-state index contributed by atoms with van der Waals surface area (Å²) in [5, 5.41) is 0. The highest BCUT2D eigenvalue weighted by Gasteiger charge is 2.08. The van der Waals surface area contributed by atoms with Gasteiger partial charge >= 0.3 is 0 Å². The Labute approximate surface area is 113 Å². The molecule has 0 spiro atoms. The molecule has 0 atom stereocenters. The molecule has 1 nitrogen and oxygen atoms in total. The lowest BCUT2D eigenvalue weighted by Gasteiger charge is -2.05. The third-order valence-electron chi connectivity index (χ3n) is 3.47. The predicted octanol–water partition coefficient (Wildman–Crippen LogP) is 4.97. The molecule has 0 saturated heterocycles. The predicted molar refractivity (Wildman–Crippen MR) is 81.1 cm³/mol. The van der Waals surface area contributed by atoms with E-state index in [1.54, 1.807) is 0 Å². The van der Waals surface area contributed by atoms with Crippen LogP contribution in [0.4, 0.5) is 0 Å². The molecule has 0 unspecified atom stereocenters. The largest absolute Gasteiger partial charge is 0.366 e. The standard InChI is InChI=1S/C18H17N/c1-13-3-7-15(8-4-13)17-11-19-12-18(17)16-9-5-14(2)6-10-16/h3-12,19H,1-2H3. The van der Waals surface area contributed by atoms with Crippen molar-refractivity contribution in [1.29, 1.82) is 0 Å². The van der Waals surface area contributed by atoms with Gasteiger partial charge in [0.2, 0.25) is 0 Å². The van der Waals surface area contributed by atoms with Crippen molar-refractivity contribution in [3.63, 3.8) is 0 Å². The van der Waals surface area contributed by atoms with Crippen LogP contribution in [0.3, 0.4) is 0 Å². The molecule has 1 heteroatoms. The van der Waals surface area contributed by atoms with Crippen molar-refractivity contribution in [3.8, 4) is 22.3 Å². The van der Waals surface area contributed by atoms with Crippen LogP contribution >= 0.6 is 0 Å². The van der Waals surface area contributed by atoms with E-state index in [9.17, 15) is 0 Å². The Kier molecular flexibility index (Phi) is 2.96. The Balaban J connectivity index is 2.07. The first-order chi connectivity index (χ1) is 9.24. The minimum Gasteiger partial charge on any atom is -0.366 e. The maximum atomic E-state index is 3.22. The monoisotopic (exact) mass is 247 g/mol. The van der Waals surface area contributed by atoms with Gasteiger partial charge in [0.15, 0.2) is 0 Å². The maximum absolute atomic E-state index is 3.22. The molecule has 0 fully saturated rings. The van der Waals surface area contributed by atoms with Crippen LogP contribution in [0, 0.1) is 13.8 Å². The van der Waals surface area contributed by atoms with Crippen LogP contribution in [0.25, 0.3) is 22.3 Å². The average molecular weight is 247 g/mol. The zero-order valence-corrected chi connectivity index (χ0v) is 11.3. The summed E-state index contributed by atoms with van der Waals surface area (Å²) in [6.45, 7) is 4.23. The lowest BCUT2D eigenvalue weighted by atomic mass is 9.98. The van der Waals surface area contributed by atoms with Gasteiger partial charge < -0.3 is 4.98 Å². The van der Waals surface area contributed by atoms with Gasteiger partial charge in [0.05, 0.1) is 0 Å². The normalized spacial score (nSPS) is 10.6. The molecule has 0 bridgehead atoms. The van der Waals surface area contributed by atoms with Gasteiger partial charge in [-0.2, -0.15) is 0 Å². The molecule has 94 valence electrons. The fourth-order valence-corrected chi connectivity index (χ4v) is 2.31. The molecule has 1 aromatic heterocycles. The molecular weight excluding hydrogens is 230 g/mol. The van der Waals surface area contributed by atoms with Crippen molar-refractivity contribution in [2.45, 2.75) is 13.8 Å². The number of aryl methyl sites for hydroxylation is 2. The van der Waals surface area contributed by atoms with E-state index in [1.165, 1.54) is 33.4 Å². The summed E-state index contributed by atoms with van der Waals surface area (Å²) in [6, 6.07) is 17.3. The number of rotatable bonds is 2. The van der Waals surface area contributed by atoms with Crippen LogP contribution in [-0.2, 0) is 0 Å². The van der Waals surface area contributed by atoms with E-state index in [0.717, 1.165) is 0 Å². The molecule has 1 heterocycles. The fourth-order valence-electron chi connectivity index (χ4n) is 2.31. The summed E-state index contributed by atoms with van der Waals surface area (Å²) in [7, 11) is 0. The molecule has 0 aliphatic rings. The van der Waals surface area contributed by atoms with Crippen LogP contribution in [-0.4, -0.2) is 4.98 Å². The highest BCUT2D eigenvalue weighted by Crippen LogP contribution is 2.32. The van der Waals surface area contributed by atoms with E-state index < -0.39 is 0 Å². The molecule has 2 aromatic carbocycles. The van der Waals surface area contributed by atoms with Crippen molar-refractivity contribution in [3.05, 3.63) is 72.1 Å². The summed E-state index contributed by atoms with van der Waals surface area (Å²) < 4.78 is 0. The third-order valence-corrected chi connectivity index (χ3v) is 3.47. The number of hydrogen-bond acceptors (Lipinski definition) is 0. The van der Waals surface area contributed by atoms with Crippen LogP contribution in [0.5, 0.6) is 0 Å². The van der Waals surface area contributed by atoms with Gasteiger partial charge in [-0.1, -0.05) is 59.7 Å². The molecule has 0 saturated carbocycles. The van der Waals surface area contributed by atoms with E-state index in [4.69, 9.17) is 0 Å². The van der Waals surface area contributed by atoms with Gasteiger partial charge in [-0.15, -0.1) is 0 Å². The third kappa shape index (κ3) is 2.32. The molecule has 3 rings (SSSR count). The zero-order chi connectivity index (χ0) is 13.2. The summed E-state index contributed by atoms with van der Waals surface area (Å²) in [5.41, 5.74) is 7.59. The number of aromatic nitrogens is 1. The zero-order valence-electron chi connectivity index (χ0n) is 11.3. The first-order valence-electron chi connectivity index (χ1n) is 6.55. The number of nitrogens with one attached hydrogen (secondary N) is 1. The Morgan fingerprint density at radius 3 is 1.32 bits per heavy atom. The average Bonchev–Trinajstić information content (AvgIpc) is 2.90. The Morgan fingerprint density at radius 2 is 0.947 bits per heavy atom. The van der Waals surface area contributed by atoms with Gasteiger partial charge in [0.1, 0.15) is 0 Å². The fraction of sp³-hybridized carbons (Fsp3) is 0.111. The highest BCUT2D eigenvalue weighted by molar-refractivity contribution is 5.83. The van der Waals surface area contributed by atoms with Gasteiger partial charge in [-0.3, -0.25) is 0 Å². The second-order valence-electron chi connectivity index (χ2n) is 5.01. The van der Waals surface area contributed by atoms with Crippen LogP contribution in [0.2, 0.25) is 0 Å². The van der Waals surface area contributed by atoms with Crippen LogP contribution in [0.1, 0.15) is 11.1 Å². The molecule has 19 heavy (non-hydrogen) atoms. The minimum atomic E-state index is 1.25. The van der Waals surface area contributed by atoms with Crippen molar-refractivity contribution in [2.24, 2.45) is 0 Å². The van der Waals surface area contributed by atoms with E-state index in [0.29, 0.717) is 0 Å². The molecule has 3 aromatic rings. The number of aromatic amines is 1. The smallest absolute Gasteiger partial charge is 0.00906 e. The Bertz CT molecular complexity index is 612. The highest BCUT2D eigenvalue weighted by atomic mass is 14.6. The first kappa shape index (κ1) is 11.8. The van der Waals surface area contributed by atoms with Crippen molar-refractivity contribution in [2.75, 3.05) is 0 Å². The second kappa shape index (κ2) is 4.77. The van der Waals surface area contributed by atoms with Gasteiger partial charge in [-0.05, 0) is 25.0 Å². The SMILES string of the molecule is Cc1ccc(-c2c[nH]cc2-c2ccc(C)cc2)cc1. The van der Waals surface area contributed by atoms with Gasteiger partial charge in [0, 0.05) is 23.5 Å². The Hall–Kier alpha value is -2.28. The van der Waals surface area contributed by atoms with Crippen LogP contribution in [0.15, 0.2) is 60.9 Å². The van der Waals surface area contributed by atoms with Gasteiger partial charge in [-0.25, -0.2) is 0 Å². The first-order valence-corrected chi connectivity index (χ1v) is 6.55. The topological polar surface area (TPSA) is 15.8 Å². The second-order valence-corrected chi connectivity index (χ2v) is 5.01. The summed E-state index contributed by atoms with van der Waals surface area (Å²) in [5.74, 6) is 0. The van der Waals surface area contributed by atoms with Gasteiger partial charge in [0.25, 0.3) is 0 Å².